The Morgan fingerprint density at radius 1 is 1.04 bits per heavy atom. The van der Waals surface area contributed by atoms with Crippen LogP contribution in [0.15, 0.2) is 48.5 Å². The van der Waals surface area contributed by atoms with Gasteiger partial charge in [0.1, 0.15) is 0 Å². The van der Waals surface area contributed by atoms with Gasteiger partial charge in [0, 0.05) is 12.2 Å². The number of benzene rings is 2. The molecule has 0 bridgehead atoms. The highest BCUT2D eigenvalue weighted by atomic mass is 16.2. The maximum Gasteiger partial charge on any atom is 0.335 e. The summed E-state index contributed by atoms with van der Waals surface area (Å²) in [5.74, 6) is -0.895. The minimum absolute atomic E-state index is 0.240. The molecule has 142 valence electrons. The molecule has 4 amide bonds. The van der Waals surface area contributed by atoms with Gasteiger partial charge in [0.2, 0.25) is 5.91 Å². The van der Waals surface area contributed by atoms with Crippen LogP contribution >= 0.6 is 0 Å². The lowest BCUT2D eigenvalue weighted by molar-refractivity contribution is -0.144. The van der Waals surface area contributed by atoms with Crippen molar-refractivity contribution in [3.05, 3.63) is 59.7 Å². The van der Waals surface area contributed by atoms with Gasteiger partial charge in [-0.1, -0.05) is 35.9 Å². The number of barbiturate groups is 1. The Morgan fingerprint density at radius 2 is 1.79 bits per heavy atom. The van der Waals surface area contributed by atoms with E-state index in [4.69, 9.17) is 0 Å². The lowest BCUT2D eigenvalue weighted by Crippen LogP contribution is -2.71. The van der Waals surface area contributed by atoms with Crippen molar-refractivity contribution in [3.63, 3.8) is 0 Å². The molecule has 0 aliphatic carbocycles. The molecule has 6 nitrogen and oxygen atoms in total. The highest BCUT2D eigenvalue weighted by Crippen LogP contribution is 2.48. The van der Waals surface area contributed by atoms with Crippen LogP contribution in [0.2, 0.25) is 0 Å². The number of urea groups is 1. The molecule has 5 rings (SSSR count). The maximum atomic E-state index is 13.8. The molecule has 2 fully saturated rings. The molecule has 1 spiro atoms. The Kier molecular flexibility index (Phi) is 3.59. The molecule has 2 aromatic carbocycles. The van der Waals surface area contributed by atoms with Crippen molar-refractivity contribution in [1.82, 2.24) is 5.32 Å². The van der Waals surface area contributed by atoms with Crippen LogP contribution in [-0.4, -0.2) is 30.4 Å². The molecule has 0 unspecified atom stereocenters. The number of hydrogen-bond donors (Lipinski definition) is 1. The molecule has 1 N–H and O–H groups in total. The van der Waals surface area contributed by atoms with Gasteiger partial charge >= 0.3 is 6.03 Å². The molecule has 0 radical (unpaired) electrons. The summed E-state index contributed by atoms with van der Waals surface area (Å²) >= 11 is 0. The number of amides is 4. The van der Waals surface area contributed by atoms with Crippen LogP contribution in [0.4, 0.5) is 16.2 Å². The first-order valence-corrected chi connectivity index (χ1v) is 9.63. The minimum Gasteiger partial charge on any atom is -0.367 e. The van der Waals surface area contributed by atoms with E-state index in [0.717, 1.165) is 41.1 Å². The fourth-order valence-electron chi connectivity index (χ4n) is 4.96. The Balaban J connectivity index is 1.65. The number of carbonyl (C=O) groups is 3. The molecule has 0 saturated carbocycles. The van der Waals surface area contributed by atoms with Gasteiger partial charge in [-0.25, -0.2) is 9.69 Å². The van der Waals surface area contributed by atoms with Crippen molar-refractivity contribution in [1.29, 1.82) is 0 Å². The smallest absolute Gasteiger partial charge is 0.335 e. The van der Waals surface area contributed by atoms with E-state index in [-0.39, 0.29) is 6.04 Å². The van der Waals surface area contributed by atoms with Gasteiger partial charge in [-0.05, 0) is 49.9 Å². The molecule has 28 heavy (non-hydrogen) atoms. The van der Waals surface area contributed by atoms with Crippen LogP contribution in [0, 0.1) is 12.3 Å². The fraction of sp³-hybridized carbons (Fsp3) is 0.318. The lowest BCUT2D eigenvalue weighted by atomic mass is 9.68. The largest absolute Gasteiger partial charge is 0.367 e. The highest BCUT2D eigenvalue weighted by Gasteiger charge is 2.62. The molecular weight excluding hydrogens is 354 g/mol. The molecule has 2 atom stereocenters. The Labute approximate surface area is 163 Å². The third-order valence-corrected chi connectivity index (χ3v) is 6.30. The molecule has 3 aliphatic heterocycles. The quantitative estimate of drug-likeness (QED) is 0.778. The zero-order valence-corrected chi connectivity index (χ0v) is 15.6. The second kappa shape index (κ2) is 5.92. The van der Waals surface area contributed by atoms with Crippen molar-refractivity contribution in [2.75, 3.05) is 16.3 Å². The average Bonchev–Trinajstić information content (AvgIpc) is 3.18. The summed E-state index contributed by atoms with van der Waals surface area (Å²) in [5, 5.41) is 2.48. The van der Waals surface area contributed by atoms with Gasteiger partial charge in [0.15, 0.2) is 5.41 Å². The number of para-hydroxylation sites is 1. The summed E-state index contributed by atoms with van der Waals surface area (Å²) in [6.07, 6.45) is 1.98. The number of fused-ring (bicyclic) bond motifs is 4. The number of nitrogens with zero attached hydrogens (tertiary/aromatic N) is 2. The molecule has 2 saturated heterocycles. The first kappa shape index (κ1) is 17.0. The van der Waals surface area contributed by atoms with Crippen LogP contribution in [0.3, 0.4) is 0 Å². The standard InChI is InChI=1S/C22H21N3O3/c1-14-8-10-16(11-9-14)25-20(27)22(19(26)23-21(25)28)13-15-5-2-3-6-17(15)24-12-4-7-18(22)24/h2-3,5-6,8-11,18H,4,7,12-13H2,1H3,(H,23,26,28)/t18-,22+/m1/s1. The fourth-order valence-corrected chi connectivity index (χ4v) is 4.96. The minimum atomic E-state index is -1.29. The van der Waals surface area contributed by atoms with E-state index in [1.807, 2.05) is 37.3 Å². The number of hydrogen-bond acceptors (Lipinski definition) is 4. The third-order valence-electron chi connectivity index (χ3n) is 6.30. The van der Waals surface area contributed by atoms with Crippen molar-refractivity contribution < 1.29 is 14.4 Å². The van der Waals surface area contributed by atoms with Gasteiger partial charge in [-0.3, -0.25) is 14.9 Å². The van der Waals surface area contributed by atoms with Crippen molar-refractivity contribution in [2.45, 2.75) is 32.2 Å². The number of aryl methyl sites for hydroxylation is 1. The third kappa shape index (κ3) is 2.17. The van der Waals surface area contributed by atoms with Crippen molar-refractivity contribution in [3.8, 4) is 0 Å². The van der Waals surface area contributed by atoms with Gasteiger partial charge in [0.25, 0.3) is 5.91 Å². The summed E-state index contributed by atoms with van der Waals surface area (Å²) in [4.78, 5) is 42.9. The van der Waals surface area contributed by atoms with E-state index in [2.05, 4.69) is 16.3 Å². The summed E-state index contributed by atoms with van der Waals surface area (Å²) in [6, 6.07) is 14.2. The van der Waals surface area contributed by atoms with E-state index >= 15 is 0 Å². The monoisotopic (exact) mass is 375 g/mol. The van der Waals surface area contributed by atoms with E-state index in [1.54, 1.807) is 12.1 Å². The van der Waals surface area contributed by atoms with E-state index in [1.165, 1.54) is 0 Å². The number of imide groups is 2. The Bertz CT molecular complexity index is 1000. The zero-order chi connectivity index (χ0) is 19.5. The Hall–Kier alpha value is -3.15. The SMILES string of the molecule is Cc1ccc(N2C(=O)NC(=O)[C@@]3(Cc4ccccc4N4CCC[C@@H]43)C2=O)cc1. The second-order valence-electron chi connectivity index (χ2n) is 7.86. The van der Waals surface area contributed by atoms with Crippen LogP contribution in [0.1, 0.15) is 24.0 Å². The number of carbonyl (C=O) groups excluding carboxylic acids is 3. The summed E-state index contributed by atoms with van der Waals surface area (Å²) in [6.45, 7) is 2.75. The summed E-state index contributed by atoms with van der Waals surface area (Å²) in [5.41, 5.74) is 2.30. The first-order chi connectivity index (χ1) is 13.5. The Morgan fingerprint density at radius 3 is 2.57 bits per heavy atom. The van der Waals surface area contributed by atoms with Gasteiger partial charge in [-0.15, -0.1) is 0 Å². The molecule has 3 heterocycles. The molecule has 0 aromatic heterocycles. The average molecular weight is 375 g/mol. The maximum absolute atomic E-state index is 13.8. The van der Waals surface area contributed by atoms with Gasteiger partial charge in [-0.2, -0.15) is 0 Å². The number of anilines is 2. The van der Waals surface area contributed by atoms with Crippen molar-refractivity contribution in [2.24, 2.45) is 5.41 Å². The summed E-state index contributed by atoms with van der Waals surface area (Å²) in [7, 11) is 0. The predicted molar refractivity (Wildman–Crippen MR) is 105 cm³/mol. The predicted octanol–water partition coefficient (Wildman–Crippen LogP) is 2.79. The van der Waals surface area contributed by atoms with Gasteiger partial charge in [0.05, 0.1) is 11.7 Å². The van der Waals surface area contributed by atoms with Crippen LogP contribution < -0.4 is 15.1 Å². The van der Waals surface area contributed by atoms with Crippen LogP contribution in [0.25, 0.3) is 0 Å². The summed E-state index contributed by atoms with van der Waals surface area (Å²) < 4.78 is 0. The molecule has 6 heteroatoms. The van der Waals surface area contributed by atoms with E-state index in [9.17, 15) is 14.4 Å². The van der Waals surface area contributed by atoms with Crippen molar-refractivity contribution >= 4 is 29.2 Å². The normalized spacial score (nSPS) is 26.3. The van der Waals surface area contributed by atoms with Crippen LogP contribution in [0.5, 0.6) is 0 Å². The topological polar surface area (TPSA) is 69.7 Å². The molecule has 2 aromatic rings. The molecular formula is C22H21N3O3. The van der Waals surface area contributed by atoms with E-state index < -0.39 is 23.3 Å². The highest BCUT2D eigenvalue weighted by molar-refractivity contribution is 6.30. The number of nitrogens with one attached hydrogen (secondary N) is 1. The van der Waals surface area contributed by atoms with Crippen LogP contribution in [-0.2, 0) is 16.0 Å². The van der Waals surface area contributed by atoms with Gasteiger partial charge < -0.3 is 4.90 Å². The number of rotatable bonds is 1. The lowest BCUT2D eigenvalue weighted by Gasteiger charge is -2.49. The first-order valence-electron chi connectivity index (χ1n) is 9.63. The second-order valence-corrected chi connectivity index (χ2v) is 7.86. The zero-order valence-electron chi connectivity index (χ0n) is 15.6. The molecule has 3 aliphatic rings. The van der Waals surface area contributed by atoms with E-state index in [0.29, 0.717) is 12.1 Å².